The molecule has 8 rings (SSSR count). The van der Waals surface area contributed by atoms with Gasteiger partial charge in [-0.15, -0.1) is 0 Å². The fraction of sp³-hybridized carbons (Fsp3) is 0.488. The van der Waals surface area contributed by atoms with Gasteiger partial charge in [-0.3, -0.25) is 24.0 Å². The monoisotopic (exact) mass is 1620 g/mol. The van der Waals surface area contributed by atoms with Crippen molar-refractivity contribution in [1.82, 2.24) is 10.6 Å². The smallest absolute Gasteiger partial charge is 0.147 e. The molecule has 6 aromatic rings. The zero-order valence-corrected chi connectivity index (χ0v) is 69.2. The molecule has 19 heteroatoms. The number of nitrogens with one attached hydrogen (secondary N) is 2. The number of rotatable bonds is 26. The lowest BCUT2D eigenvalue weighted by Gasteiger charge is -2.38. The van der Waals surface area contributed by atoms with E-state index in [0.717, 1.165) is 69.2 Å². The van der Waals surface area contributed by atoms with E-state index >= 15 is 0 Å². The number of Topliss-reactive ketones (excluding diaryl/α,β-unsaturated/α-hetero) is 5. The largest absolute Gasteiger partial charge is 0.330 e. The van der Waals surface area contributed by atoms with E-state index in [9.17, 15) is 32.8 Å². The Morgan fingerprint density at radius 2 is 0.816 bits per heavy atom. The maximum absolute atomic E-state index is 13.7. The Labute approximate surface area is 651 Å². The first-order chi connectivity index (χ1) is 48.4. The summed E-state index contributed by atoms with van der Waals surface area (Å²) in [4.78, 5) is 61.9. The zero-order valence-electron chi connectivity index (χ0n) is 63.0. The number of benzene rings is 6. The van der Waals surface area contributed by atoms with E-state index in [4.69, 9.17) is 69.3 Å². The van der Waals surface area contributed by atoms with Gasteiger partial charge in [-0.2, -0.15) is 0 Å². The number of halogens is 8. The number of piperidine rings is 1. The van der Waals surface area contributed by atoms with Crippen LogP contribution in [-0.2, 0) is 45.6 Å². The van der Waals surface area contributed by atoms with Crippen molar-refractivity contribution in [3.05, 3.63) is 220 Å². The van der Waals surface area contributed by atoms with E-state index in [1.165, 1.54) is 29.3 Å². The molecule has 2 aliphatic heterocycles. The van der Waals surface area contributed by atoms with Crippen LogP contribution in [0.1, 0.15) is 187 Å². The Morgan fingerprint density at radius 1 is 0.466 bits per heavy atom. The van der Waals surface area contributed by atoms with Crippen LogP contribution < -0.4 is 33.6 Å². The van der Waals surface area contributed by atoms with Crippen molar-refractivity contribution < 1.29 is 32.8 Å². The first-order valence-corrected chi connectivity index (χ1v) is 39.0. The van der Waals surface area contributed by atoms with Crippen molar-refractivity contribution >= 4 is 107 Å². The Balaban J connectivity index is 0.000000322. The highest BCUT2D eigenvalue weighted by molar-refractivity contribution is 9.10. The highest BCUT2D eigenvalue weighted by atomic mass is 79.9. The zero-order chi connectivity index (χ0) is 77.7. The minimum absolute atomic E-state index is 0.00206. The second-order valence-electron chi connectivity index (χ2n) is 29.1. The molecule has 0 aliphatic carbocycles. The number of carbonyl (C=O) groups excluding carboxylic acids is 5. The average Bonchev–Trinajstić information content (AvgIpc) is 1.74. The van der Waals surface area contributed by atoms with Crippen molar-refractivity contribution in [2.24, 2.45) is 58.4 Å². The van der Waals surface area contributed by atoms with Crippen LogP contribution in [-0.4, -0.2) is 81.3 Å². The third-order valence-electron chi connectivity index (χ3n) is 19.5. The molecule has 566 valence electrons. The molecule has 6 aromatic carbocycles. The van der Waals surface area contributed by atoms with E-state index < -0.39 is 33.3 Å². The summed E-state index contributed by atoms with van der Waals surface area (Å²) in [5, 5.41) is 8.02. The maximum atomic E-state index is 13.7. The molecule has 103 heavy (non-hydrogen) atoms. The van der Waals surface area contributed by atoms with Crippen molar-refractivity contribution in [3.63, 3.8) is 0 Å². The van der Waals surface area contributed by atoms with Gasteiger partial charge >= 0.3 is 0 Å². The molecule has 2 saturated heterocycles. The van der Waals surface area contributed by atoms with Gasteiger partial charge in [0.1, 0.15) is 40.6 Å². The summed E-state index contributed by atoms with van der Waals surface area (Å²) in [7, 11) is 0. The van der Waals surface area contributed by atoms with Gasteiger partial charge in [-0.1, -0.05) is 234 Å². The molecule has 0 saturated carbocycles. The summed E-state index contributed by atoms with van der Waals surface area (Å²) in [6.07, 6.45) is 5.15. The molecule has 0 spiro atoms. The van der Waals surface area contributed by atoms with E-state index in [-0.39, 0.29) is 74.5 Å². The minimum atomic E-state index is -0.598. The van der Waals surface area contributed by atoms with Crippen molar-refractivity contribution in [1.29, 1.82) is 0 Å². The summed E-state index contributed by atoms with van der Waals surface area (Å²) in [6.45, 7) is 36.8. The summed E-state index contributed by atoms with van der Waals surface area (Å²) in [5.41, 5.74) is 27.5. The molecule has 10 N–H and O–H groups in total. The van der Waals surface area contributed by atoms with Gasteiger partial charge in [0, 0.05) is 67.0 Å². The minimum Gasteiger partial charge on any atom is -0.330 e. The SMILES string of the molecule is C=C(C(C)C)C(CCN)c1ccc(Br)cc1.CC(C)C(=O)C(C)(CCN)c1ccc(Cl)cc1.CC(C)C(=O)C(C)(CCN)c1ccc(Cl)cc1.CC(C)C(=O)C(CCN)c1ccc(Br)cc1.CC(C)C(=O)C1(c2ccc(Cl)c(F)c2)CCNC1.CC(C)C(=O)C1(c2ccc(Cl)c(F)c2)CCNCC1. The highest BCUT2D eigenvalue weighted by Crippen LogP contribution is 2.40. The van der Waals surface area contributed by atoms with Crippen LogP contribution in [0, 0.1) is 47.1 Å². The van der Waals surface area contributed by atoms with Crippen LogP contribution in [0.5, 0.6) is 0 Å². The Morgan fingerprint density at radius 3 is 1.14 bits per heavy atom. The molecule has 0 radical (unpaired) electrons. The normalized spacial score (nSPS) is 16.4. The van der Waals surface area contributed by atoms with Crippen LogP contribution in [0.15, 0.2) is 155 Å². The van der Waals surface area contributed by atoms with Crippen LogP contribution in [0.3, 0.4) is 0 Å². The van der Waals surface area contributed by atoms with Crippen LogP contribution in [0.2, 0.25) is 20.1 Å². The number of allylic oxidation sites excluding steroid dienone is 1. The first-order valence-electron chi connectivity index (χ1n) is 35.9. The predicted octanol–water partition coefficient (Wildman–Crippen LogP) is 19.8. The van der Waals surface area contributed by atoms with Gasteiger partial charge in [0.2, 0.25) is 0 Å². The van der Waals surface area contributed by atoms with Gasteiger partial charge in [0.05, 0.1) is 31.7 Å². The van der Waals surface area contributed by atoms with Gasteiger partial charge in [0.25, 0.3) is 0 Å². The van der Waals surface area contributed by atoms with Gasteiger partial charge in [-0.25, -0.2) is 8.78 Å². The number of ketones is 5. The van der Waals surface area contributed by atoms with Crippen molar-refractivity contribution in [2.75, 3.05) is 52.4 Å². The molecule has 0 bridgehead atoms. The lowest BCUT2D eigenvalue weighted by Crippen LogP contribution is -2.47. The number of carbonyl (C=O) groups is 5. The topological polar surface area (TPSA) is 213 Å². The molecule has 0 aromatic heterocycles. The van der Waals surface area contributed by atoms with Crippen molar-refractivity contribution in [2.45, 2.75) is 175 Å². The summed E-state index contributed by atoms with van der Waals surface area (Å²) in [5.74, 6) is 0.931. The highest BCUT2D eigenvalue weighted by Gasteiger charge is 2.45. The fourth-order valence-corrected chi connectivity index (χ4v) is 14.4. The maximum Gasteiger partial charge on any atom is 0.147 e. The summed E-state index contributed by atoms with van der Waals surface area (Å²) >= 11 is 30.0. The summed E-state index contributed by atoms with van der Waals surface area (Å²) < 4.78 is 29.5. The van der Waals surface area contributed by atoms with E-state index in [2.05, 4.69) is 87.2 Å². The van der Waals surface area contributed by atoms with Crippen molar-refractivity contribution in [3.8, 4) is 0 Å². The fourth-order valence-electron chi connectivity index (χ4n) is 13.4. The number of nitrogens with two attached hydrogens (primary N) is 4. The van der Waals surface area contributed by atoms with Crippen LogP contribution in [0.25, 0.3) is 0 Å². The Hall–Kier alpha value is -4.85. The lowest BCUT2D eigenvalue weighted by atomic mass is 9.67. The second kappa shape index (κ2) is 44.4. The van der Waals surface area contributed by atoms with Crippen LogP contribution >= 0.6 is 78.3 Å². The number of hydrogen-bond donors (Lipinski definition) is 6. The van der Waals surface area contributed by atoms with Gasteiger partial charge < -0.3 is 33.6 Å². The van der Waals surface area contributed by atoms with Gasteiger partial charge in [0.15, 0.2) is 0 Å². The summed E-state index contributed by atoms with van der Waals surface area (Å²) in [6, 6.07) is 40.7. The molecule has 11 nitrogen and oxygen atoms in total. The molecule has 2 heterocycles. The van der Waals surface area contributed by atoms with E-state index in [1.54, 1.807) is 18.2 Å². The Kier molecular flexibility index (Phi) is 39.9. The quantitative estimate of drug-likeness (QED) is 0.0281. The standard InChI is InChI=1S/C15H19ClFNO.C14H20BrN.C14H17ClFNO.2C14H20ClNO.C13H18BrNO/c1-10(2)14(19)15(5-7-18-8-6-15)11-3-4-12(16)13(17)9-11;1-10(2)11(3)14(8-9-16)12-4-6-13(15)7-5-12;1-9(2)13(18)14(5-6-17-8-14)10-3-4-11(15)12(16)7-10;2*1-10(2)13(17)14(3,8-9-16)11-4-6-12(15)7-5-11;1-9(2)13(16)12(7-8-15)10-3-5-11(14)6-4-10/h3-4,9-10,18H,5-8H2,1-2H3;4-7,10,14H,3,8-9,16H2,1-2H3;3-4,7,9,17H,5-6,8H2,1-2H3;2*4-7,10H,8-9,16H2,1-3H3;3-6,9,12H,7-8,15H2,1-2H3. The molecule has 2 aliphatic rings. The average molecular weight is 1630 g/mol. The first kappa shape index (κ1) is 92.4. The second-order valence-corrected chi connectivity index (χ2v) is 32.6. The molecule has 2 fully saturated rings. The van der Waals surface area contributed by atoms with Crippen LogP contribution in [0.4, 0.5) is 8.78 Å². The van der Waals surface area contributed by atoms with E-state index in [1.807, 2.05) is 156 Å². The predicted molar refractivity (Wildman–Crippen MR) is 435 cm³/mol. The van der Waals surface area contributed by atoms with Gasteiger partial charge in [-0.05, 0) is 217 Å². The van der Waals surface area contributed by atoms with E-state index in [0.29, 0.717) is 86.7 Å². The molecule has 5 atom stereocenters. The lowest BCUT2D eigenvalue weighted by molar-refractivity contribution is -0.129. The third-order valence-corrected chi connectivity index (χ3v) is 21.7. The Bertz CT molecular complexity index is 3490. The molecule has 0 amide bonds. The third kappa shape index (κ3) is 26.5. The molecular weight excluding hydrogens is 1510 g/mol. The molecular formula is C84H114Br2Cl4F2N6O5. The molecule has 5 unspecified atom stereocenters. The number of hydrogen-bond acceptors (Lipinski definition) is 11.